The van der Waals surface area contributed by atoms with Gasteiger partial charge in [0.1, 0.15) is 5.75 Å². The number of carboxylic acids is 2. The van der Waals surface area contributed by atoms with Gasteiger partial charge >= 0.3 is 11.9 Å². The maximum absolute atomic E-state index is 12.4. The molecule has 0 aliphatic heterocycles. The number of carbonyl (C=O) groups excluding carboxylic acids is 1. The fourth-order valence-corrected chi connectivity index (χ4v) is 2.40. The van der Waals surface area contributed by atoms with E-state index in [4.69, 9.17) is 10.2 Å². The van der Waals surface area contributed by atoms with Gasteiger partial charge in [0.05, 0.1) is 23.9 Å². The number of ketones is 1. The zero-order valence-electron chi connectivity index (χ0n) is 15.8. The highest BCUT2D eigenvalue weighted by atomic mass is 32.1. The molecule has 2 rings (SSSR count). The SMILES string of the molecule is Cc1cc(C(=O)c2cccc(N=C=S)c2)cc(C)c1O.O=C(O)CNCC(=O)O. The average molecular weight is 416 g/mol. The normalized spacial score (nSPS) is 9.59. The van der Waals surface area contributed by atoms with Crippen LogP contribution in [0.15, 0.2) is 41.4 Å². The lowest BCUT2D eigenvalue weighted by Crippen LogP contribution is -2.27. The van der Waals surface area contributed by atoms with Gasteiger partial charge in [0.2, 0.25) is 0 Å². The Balaban J connectivity index is 0.000000396. The smallest absolute Gasteiger partial charge is 0.317 e. The topological polar surface area (TPSA) is 136 Å². The summed E-state index contributed by atoms with van der Waals surface area (Å²) in [6, 6.07) is 10.3. The van der Waals surface area contributed by atoms with Crippen molar-refractivity contribution in [3.63, 3.8) is 0 Å². The van der Waals surface area contributed by atoms with E-state index in [0.29, 0.717) is 27.9 Å². The van der Waals surface area contributed by atoms with Crippen LogP contribution in [0.25, 0.3) is 0 Å². The predicted octanol–water partition coefficient (Wildman–Crippen LogP) is 2.72. The van der Waals surface area contributed by atoms with Gasteiger partial charge in [0, 0.05) is 11.1 Å². The van der Waals surface area contributed by atoms with E-state index in [0.717, 1.165) is 0 Å². The zero-order valence-corrected chi connectivity index (χ0v) is 16.6. The van der Waals surface area contributed by atoms with Crippen LogP contribution in [0.3, 0.4) is 0 Å². The van der Waals surface area contributed by atoms with Crippen molar-refractivity contribution in [1.82, 2.24) is 5.32 Å². The Morgan fingerprint density at radius 2 is 1.55 bits per heavy atom. The highest BCUT2D eigenvalue weighted by molar-refractivity contribution is 7.78. The third-order valence-corrected chi connectivity index (χ3v) is 3.68. The molecule has 152 valence electrons. The largest absolute Gasteiger partial charge is 0.507 e. The molecule has 0 spiro atoms. The molecule has 0 aromatic heterocycles. The number of carboxylic acid groups (broad SMARTS) is 2. The molecule has 0 bridgehead atoms. The molecule has 0 heterocycles. The molecule has 2 aromatic carbocycles. The second-order valence-electron chi connectivity index (χ2n) is 5.93. The van der Waals surface area contributed by atoms with Crippen LogP contribution in [0.5, 0.6) is 5.75 Å². The third kappa shape index (κ3) is 8.02. The first-order valence-electron chi connectivity index (χ1n) is 8.32. The number of thiocarbonyl (C=S) groups is 1. The van der Waals surface area contributed by atoms with Crippen LogP contribution in [-0.4, -0.2) is 51.3 Å². The Bertz CT molecular complexity index is 930. The van der Waals surface area contributed by atoms with E-state index in [1.165, 1.54) is 0 Å². The lowest BCUT2D eigenvalue weighted by molar-refractivity contribution is -0.137. The first-order chi connectivity index (χ1) is 13.6. The maximum Gasteiger partial charge on any atom is 0.317 e. The summed E-state index contributed by atoms with van der Waals surface area (Å²) in [5, 5.41) is 30.2. The minimum absolute atomic E-state index is 0.113. The lowest BCUT2D eigenvalue weighted by atomic mass is 9.98. The number of isothiocyanates is 1. The summed E-state index contributed by atoms with van der Waals surface area (Å²) in [6.07, 6.45) is 0. The number of aromatic hydroxyl groups is 1. The number of hydrogen-bond acceptors (Lipinski definition) is 7. The molecule has 0 amide bonds. The van der Waals surface area contributed by atoms with Crippen molar-refractivity contribution in [3.05, 3.63) is 58.7 Å². The molecule has 0 aliphatic rings. The quantitative estimate of drug-likeness (QED) is 0.307. The molecule has 0 atom stereocenters. The number of rotatable bonds is 7. The Labute approximate surface area is 172 Å². The van der Waals surface area contributed by atoms with E-state index in [1.807, 2.05) is 0 Å². The van der Waals surface area contributed by atoms with E-state index in [2.05, 4.69) is 27.7 Å². The minimum Gasteiger partial charge on any atom is -0.507 e. The van der Waals surface area contributed by atoms with Gasteiger partial charge in [-0.1, -0.05) is 12.1 Å². The summed E-state index contributed by atoms with van der Waals surface area (Å²) >= 11 is 4.56. The van der Waals surface area contributed by atoms with Crippen molar-refractivity contribution in [2.24, 2.45) is 4.99 Å². The van der Waals surface area contributed by atoms with Crippen LogP contribution >= 0.6 is 12.2 Å². The van der Waals surface area contributed by atoms with Crippen LogP contribution in [0.2, 0.25) is 0 Å². The van der Waals surface area contributed by atoms with Crippen LogP contribution in [0.4, 0.5) is 5.69 Å². The second kappa shape index (κ2) is 11.5. The minimum atomic E-state index is -1.06. The highest BCUT2D eigenvalue weighted by Gasteiger charge is 2.12. The molecule has 9 heteroatoms. The molecule has 8 nitrogen and oxygen atoms in total. The van der Waals surface area contributed by atoms with Crippen molar-refractivity contribution in [2.75, 3.05) is 13.1 Å². The van der Waals surface area contributed by atoms with Gasteiger partial charge in [-0.25, -0.2) is 0 Å². The van der Waals surface area contributed by atoms with E-state index < -0.39 is 11.9 Å². The first-order valence-corrected chi connectivity index (χ1v) is 8.73. The summed E-state index contributed by atoms with van der Waals surface area (Å²) in [5.74, 6) is -2.01. The standard InChI is InChI=1S/C16H13NO2S.C4H7NO4/c1-10-6-13(7-11(2)15(10)18)16(19)12-4-3-5-14(8-12)17-9-20;6-3(7)1-5-2-4(8)9/h3-8,18H,1-2H3;5H,1-2H2,(H,6,7)(H,8,9). The van der Waals surface area contributed by atoms with Crippen molar-refractivity contribution in [3.8, 4) is 5.75 Å². The molecule has 0 fully saturated rings. The van der Waals surface area contributed by atoms with Gasteiger partial charge in [0.15, 0.2) is 5.78 Å². The van der Waals surface area contributed by atoms with Crippen molar-refractivity contribution >= 4 is 40.8 Å². The number of phenolic OH excluding ortho intramolecular Hbond substituents is 1. The van der Waals surface area contributed by atoms with Crippen LogP contribution < -0.4 is 5.32 Å². The van der Waals surface area contributed by atoms with Gasteiger partial charge in [-0.3, -0.25) is 19.7 Å². The second-order valence-corrected chi connectivity index (χ2v) is 6.11. The molecule has 2 aromatic rings. The molecular formula is C20H20N2O6S. The Morgan fingerprint density at radius 3 is 2.03 bits per heavy atom. The molecule has 29 heavy (non-hydrogen) atoms. The van der Waals surface area contributed by atoms with Crippen molar-refractivity contribution in [2.45, 2.75) is 13.8 Å². The summed E-state index contributed by atoms with van der Waals surface area (Å²) in [4.78, 5) is 35.8. The highest BCUT2D eigenvalue weighted by Crippen LogP contribution is 2.25. The third-order valence-electron chi connectivity index (χ3n) is 3.59. The number of aryl methyl sites for hydroxylation is 2. The number of phenols is 1. The predicted molar refractivity (Wildman–Crippen MR) is 110 cm³/mol. The molecule has 0 radical (unpaired) electrons. The van der Waals surface area contributed by atoms with Crippen LogP contribution in [0.1, 0.15) is 27.0 Å². The number of hydrogen-bond donors (Lipinski definition) is 4. The van der Waals surface area contributed by atoms with E-state index in [-0.39, 0.29) is 24.6 Å². The number of aliphatic carboxylic acids is 2. The number of carbonyl (C=O) groups is 3. The molecule has 0 aliphatic carbocycles. The van der Waals surface area contributed by atoms with Crippen molar-refractivity contribution in [1.29, 1.82) is 0 Å². The average Bonchev–Trinajstić information content (AvgIpc) is 2.65. The van der Waals surface area contributed by atoms with E-state index in [1.54, 1.807) is 50.2 Å². The number of benzene rings is 2. The van der Waals surface area contributed by atoms with Crippen LogP contribution in [-0.2, 0) is 9.59 Å². The zero-order chi connectivity index (χ0) is 22.0. The molecule has 0 unspecified atom stereocenters. The number of nitrogens with one attached hydrogen (secondary N) is 1. The summed E-state index contributed by atoms with van der Waals surface area (Å²) in [6.45, 7) is 2.91. The van der Waals surface area contributed by atoms with E-state index >= 15 is 0 Å². The first kappa shape index (κ1) is 23.6. The molecule has 0 saturated carbocycles. The Hall–Kier alpha value is -3.39. The van der Waals surface area contributed by atoms with Gasteiger partial charge in [-0.2, -0.15) is 4.99 Å². The fourth-order valence-electron chi connectivity index (χ4n) is 2.30. The Morgan fingerprint density at radius 1 is 1.00 bits per heavy atom. The van der Waals surface area contributed by atoms with Crippen molar-refractivity contribution < 1.29 is 29.7 Å². The molecule has 4 N–H and O–H groups in total. The van der Waals surface area contributed by atoms with Gasteiger partial charge < -0.3 is 15.3 Å². The number of nitrogens with zero attached hydrogens (tertiary/aromatic N) is 1. The number of aliphatic imine (C=N–C) groups is 1. The summed E-state index contributed by atoms with van der Waals surface area (Å²) < 4.78 is 0. The summed E-state index contributed by atoms with van der Waals surface area (Å²) in [5.41, 5.74) is 3.03. The fraction of sp³-hybridized carbons (Fsp3) is 0.200. The molecular weight excluding hydrogens is 396 g/mol. The van der Waals surface area contributed by atoms with Gasteiger partial charge in [0.25, 0.3) is 0 Å². The lowest BCUT2D eigenvalue weighted by Gasteiger charge is -2.07. The van der Waals surface area contributed by atoms with Gasteiger partial charge in [-0.15, -0.1) is 0 Å². The summed E-state index contributed by atoms with van der Waals surface area (Å²) in [7, 11) is 0. The monoisotopic (exact) mass is 416 g/mol. The van der Waals surface area contributed by atoms with Crippen LogP contribution in [0, 0.1) is 13.8 Å². The van der Waals surface area contributed by atoms with Gasteiger partial charge in [-0.05, 0) is 61.5 Å². The molecule has 0 saturated heterocycles. The maximum atomic E-state index is 12.4. The Kier molecular flexibility index (Phi) is 9.34. The van der Waals surface area contributed by atoms with E-state index in [9.17, 15) is 19.5 Å².